The molecular weight excluding hydrogens is 374 g/mol. The van der Waals surface area contributed by atoms with Gasteiger partial charge in [-0.15, -0.1) is 0 Å². The number of amides is 1. The molecule has 0 unspecified atom stereocenters. The van der Waals surface area contributed by atoms with E-state index >= 15 is 0 Å². The Kier molecular flexibility index (Phi) is 6.30. The molecule has 0 spiro atoms. The minimum absolute atomic E-state index is 0.0177. The van der Waals surface area contributed by atoms with E-state index in [0.29, 0.717) is 6.54 Å². The minimum atomic E-state index is 0.0177. The lowest BCUT2D eigenvalue weighted by atomic mass is 10.0. The van der Waals surface area contributed by atoms with E-state index in [1.807, 2.05) is 60.7 Å². The molecule has 3 aromatic rings. The van der Waals surface area contributed by atoms with Crippen LogP contribution >= 0.6 is 0 Å². The van der Waals surface area contributed by atoms with Crippen molar-refractivity contribution in [1.82, 2.24) is 4.90 Å². The van der Waals surface area contributed by atoms with Gasteiger partial charge in [0, 0.05) is 37.4 Å². The highest BCUT2D eigenvalue weighted by molar-refractivity contribution is 5.96. The molecule has 0 atom stereocenters. The topological polar surface area (TPSA) is 44.8 Å². The summed E-state index contributed by atoms with van der Waals surface area (Å²) in [5, 5.41) is 3.10. The Morgan fingerprint density at radius 3 is 2.30 bits per heavy atom. The summed E-state index contributed by atoms with van der Waals surface area (Å²) in [5.41, 5.74) is 4.09. The number of rotatable bonds is 6. The summed E-state index contributed by atoms with van der Waals surface area (Å²) in [7, 11) is 1.70. The van der Waals surface area contributed by atoms with Gasteiger partial charge in [0.15, 0.2) is 0 Å². The number of anilines is 2. The van der Waals surface area contributed by atoms with Crippen LogP contribution in [0.25, 0.3) is 11.1 Å². The number of carbonyl (C=O) groups is 1. The van der Waals surface area contributed by atoms with Crippen LogP contribution in [0.1, 0.15) is 0 Å². The normalized spacial score (nSPS) is 14.4. The monoisotopic (exact) mass is 401 g/mol. The molecule has 1 N–H and O–H groups in total. The second-order valence-electron chi connectivity index (χ2n) is 7.39. The third-order valence-electron chi connectivity index (χ3n) is 5.45. The number of nitrogens with zero attached hydrogens (tertiary/aromatic N) is 2. The van der Waals surface area contributed by atoms with Crippen molar-refractivity contribution >= 4 is 17.3 Å². The van der Waals surface area contributed by atoms with Crippen molar-refractivity contribution in [2.45, 2.75) is 0 Å². The molecule has 1 fully saturated rings. The van der Waals surface area contributed by atoms with Crippen LogP contribution in [0, 0.1) is 0 Å². The number of nitrogens with one attached hydrogen (secondary N) is 1. The Labute approximate surface area is 177 Å². The zero-order valence-electron chi connectivity index (χ0n) is 17.3. The maximum absolute atomic E-state index is 12.7. The molecule has 0 bridgehead atoms. The molecule has 4 rings (SSSR count). The van der Waals surface area contributed by atoms with Gasteiger partial charge in [-0.2, -0.15) is 0 Å². The van der Waals surface area contributed by atoms with Crippen LogP contribution < -0.4 is 15.0 Å². The number of hydrogen-bond acceptors (Lipinski definition) is 4. The van der Waals surface area contributed by atoms with E-state index < -0.39 is 0 Å². The number of ether oxygens (including phenoxy) is 1. The van der Waals surface area contributed by atoms with Gasteiger partial charge in [0.05, 0.1) is 19.3 Å². The third kappa shape index (κ3) is 4.63. The first kappa shape index (κ1) is 20.0. The molecule has 3 aromatic carbocycles. The average Bonchev–Trinajstić information content (AvgIpc) is 2.80. The molecule has 1 heterocycles. The molecule has 1 aliphatic heterocycles. The predicted molar refractivity (Wildman–Crippen MR) is 122 cm³/mol. The van der Waals surface area contributed by atoms with Gasteiger partial charge in [0.1, 0.15) is 5.75 Å². The molecule has 5 heteroatoms. The lowest BCUT2D eigenvalue weighted by Crippen LogP contribution is -2.48. The van der Waals surface area contributed by atoms with Gasteiger partial charge in [0.2, 0.25) is 5.91 Å². The van der Waals surface area contributed by atoms with Crippen molar-refractivity contribution in [3.63, 3.8) is 0 Å². The number of methoxy groups -OCH3 is 1. The zero-order chi connectivity index (χ0) is 20.8. The molecule has 1 aliphatic rings. The van der Waals surface area contributed by atoms with Gasteiger partial charge >= 0.3 is 0 Å². The smallest absolute Gasteiger partial charge is 0.238 e. The highest BCUT2D eigenvalue weighted by atomic mass is 16.5. The Morgan fingerprint density at radius 1 is 0.867 bits per heavy atom. The van der Waals surface area contributed by atoms with Gasteiger partial charge in [-0.3, -0.25) is 9.69 Å². The van der Waals surface area contributed by atoms with E-state index in [-0.39, 0.29) is 5.91 Å². The molecule has 0 aromatic heterocycles. The summed E-state index contributed by atoms with van der Waals surface area (Å²) >= 11 is 0. The largest absolute Gasteiger partial charge is 0.495 e. The second-order valence-corrected chi connectivity index (χ2v) is 7.39. The van der Waals surface area contributed by atoms with Gasteiger partial charge in [-0.05, 0) is 23.8 Å². The molecule has 0 radical (unpaired) electrons. The van der Waals surface area contributed by atoms with Crippen LogP contribution in [-0.2, 0) is 4.79 Å². The van der Waals surface area contributed by atoms with E-state index in [4.69, 9.17) is 4.74 Å². The highest BCUT2D eigenvalue weighted by Crippen LogP contribution is 2.29. The first-order valence-electron chi connectivity index (χ1n) is 10.3. The third-order valence-corrected chi connectivity index (χ3v) is 5.45. The number of piperazine rings is 1. The highest BCUT2D eigenvalue weighted by Gasteiger charge is 2.21. The standard InChI is InChI=1S/C25H27N3O2/c1-30-24-14-8-7-13-23(24)28-17-15-27(16-18-28)19-25(29)26-22-12-6-5-11-21(22)20-9-3-2-4-10-20/h2-14H,15-19H2,1H3,(H,26,29). The van der Waals surface area contributed by atoms with Crippen LogP contribution in [0.2, 0.25) is 0 Å². The maximum atomic E-state index is 12.7. The fraction of sp³-hybridized carbons (Fsp3) is 0.240. The Morgan fingerprint density at radius 2 is 1.53 bits per heavy atom. The summed E-state index contributed by atoms with van der Waals surface area (Å²) in [6, 6.07) is 26.2. The number of carbonyl (C=O) groups excluding carboxylic acids is 1. The molecular formula is C25H27N3O2. The van der Waals surface area contributed by atoms with Crippen LogP contribution in [0.3, 0.4) is 0 Å². The molecule has 1 amide bonds. The lowest BCUT2D eigenvalue weighted by molar-refractivity contribution is -0.117. The number of benzene rings is 3. The van der Waals surface area contributed by atoms with E-state index in [2.05, 4.69) is 33.3 Å². The Hall–Kier alpha value is -3.31. The SMILES string of the molecule is COc1ccccc1N1CCN(CC(=O)Nc2ccccc2-c2ccccc2)CC1. The van der Waals surface area contributed by atoms with Crippen molar-refractivity contribution in [2.75, 3.05) is 50.1 Å². The van der Waals surface area contributed by atoms with Crippen molar-refractivity contribution in [3.05, 3.63) is 78.9 Å². The zero-order valence-corrected chi connectivity index (χ0v) is 17.3. The molecule has 0 aliphatic carbocycles. The van der Waals surface area contributed by atoms with E-state index in [1.165, 1.54) is 0 Å². The fourth-order valence-electron chi connectivity index (χ4n) is 3.89. The first-order chi connectivity index (χ1) is 14.7. The Bertz CT molecular complexity index is 982. The van der Waals surface area contributed by atoms with Crippen molar-refractivity contribution in [1.29, 1.82) is 0 Å². The summed E-state index contributed by atoms with van der Waals surface area (Å²) in [6.07, 6.45) is 0. The molecule has 0 saturated carbocycles. The van der Waals surface area contributed by atoms with Crippen molar-refractivity contribution in [2.24, 2.45) is 0 Å². The fourth-order valence-corrected chi connectivity index (χ4v) is 3.89. The van der Waals surface area contributed by atoms with Crippen molar-refractivity contribution < 1.29 is 9.53 Å². The van der Waals surface area contributed by atoms with E-state index in [0.717, 1.165) is 54.4 Å². The Balaban J connectivity index is 1.35. The maximum Gasteiger partial charge on any atom is 0.238 e. The molecule has 154 valence electrons. The van der Waals surface area contributed by atoms with Gasteiger partial charge in [-0.25, -0.2) is 0 Å². The summed E-state index contributed by atoms with van der Waals surface area (Å²) in [6.45, 7) is 3.81. The quantitative estimate of drug-likeness (QED) is 0.675. The van der Waals surface area contributed by atoms with E-state index in [1.54, 1.807) is 7.11 Å². The van der Waals surface area contributed by atoms with Gasteiger partial charge in [0.25, 0.3) is 0 Å². The molecule has 30 heavy (non-hydrogen) atoms. The second kappa shape index (κ2) is 9.46. The average molecular weight is 402 g/mol. The number of para-hydroxylation sites is 3. The minimum Gasteiger partial charge on any atom is -0.495 e. The van der Waals surface area contributed by atoms with Crippen LogP contribution in [0.4, 0.5) is 11.4 Å². The summed E-state index contributed by atoms with van der Waals surface area (Å²) in [4.78, 5) is 17.2. The van der Waals surface area contributed by atoms with Crippen molar-refractivity contribution in [3.8, 4) is 16.9 Å². The van der Waals surface area contributed by atoms with Crippen LogP contribution in [-0.4, -0.2) is 50.6 Å². The van der Waals surface area contributed by atoms with Crippen LogP contribution in [0.5, 0.6) is 5.75 Å². The first-order valence-corrected chi connectivity index (χ1v) is 10.3. The van der Waals surface area contributed by atoms with Gasteiger partial charge < -0.3 is 15.0 Å². The number of hydrogen-bond donors (Lipinski definition) is 1. The summed E-state index contributed by atoms with van der Waals surface area (Å²) < 4.78 is 5.48. The molecule has 1 saturated heterocycles. The van der Waals surface area contributed by atoms with E-state index in [9.17, 15) is 4.79 Å². The van der Waals surface area contributed by atoms with Gasteiger partial charge in [-0.1, -0.05) is 60.7 Å². The molecule has 5 nitrogen and oxygen atoms in total. The summed E-state index contributed by atoms with van der Waals surface area (Å²) in [5.74, 6) is 0.908. The predicted octanol–water partition coefficient (Wildman–Crippen LogP) is 4.12. The van der Waals surface area contributed by atoms with Crippen LogP contribution in [0.15, 0.2) is 78.9 Å². The lowest BCUT2D eigenvalue weighted by Gasteiger charge is -2.36.